The molecule has 0 aromatic heterocycles. The summed E-state index contributed by atoms with van der Waals surface area (Å²) in [6.45, 7) is 3.58. The maximum atomic E-state index is 13.3. The van der Waals surface area contributed by atoms with Crippen LogP contribution in [0.15, 0.2) is 80.6 Å². The molecule has 0 aliphatic rings. The maximum absolute atomic E-state index is 13.3. The van der Waals surface area contributed by atoms with Gasteiger partial charge in [0, 0.05) is 21.2 Å². The molecule has 3 aromatic rings. The Morgan fingerprint density at radius 1 is 0.903 bits per heavy atom. The fourth-order valence-corrected chi connectivity index (χ4v) is 5.55. The molecule has 0 unspecified atom stereocenters. The van der Waals surface area contributed by atoms with E-state index in [2.05, 4.69) is 37.2 Å². The normalized spacial score (nSPS) is 11.5. The van der Waals surface area contributed by atoms with Crippen LogP contribution in [-0.4, -0.2) is 25.2 Å². The Hall–Kier alpha value is -2.00. The summed E-state index contributed by atoms with van der Waals surface area (Å²) >= 11 is 6.77. The van der Waals surface area contributed by atoms with Crippen LogP contribution in [0.4, 0.5) is 5.69 Å². The van der Waals surface area contributed by atoms with E-state index in [-0.39, 0.29) is 18.0 Å². The van der Waals surface area contributed by atoms with Gasteiger partial charge in [-0.3, -0.25) is 4.79 Å². The third kappa shape index (κ3) is 6.04. The van der Waals surface area contributed by atoms with Crippen LogP contribution in [0.3, 0.4) is 0 Å². The van der Waals surface area contributed by atoms with Crippen molar-refractivity contribution in [2.24, 2.45) is 0 Å². The van der Waals surface area contributed by atoms with Crippen LogP contribution < -0.4 is 5.32 Å². The lowest BCUT2D eigenvalue weighted by Crippen LogP contribution is -2.37. The molecule has 0 aliphatic carbocycles. The molecule has 0 spiro atoms. The molecule has 1 N–H and O–H groups in total. The SMILES string of the molecule is Cc1cc(Br)cc(C)c1NC(=O)CN(Cc1ccccc1)S(=O)(=O)c1ccc(Br)cc1. The van der Waals surface area contributed by atoms with Crippen molar-refractivity contribution in [3.8, 4) is 0 Å². The van der Waals surface area contributed by atoms with Crippen molar-refractivity contribution in [3.63, 3.8) is 0 Å². The van der Waals surface area contributed by atoms with Crippen LogP contribution >= 0.6 is 31.9 Å². The summed E-state index contributed by atoms with van der Waals surface area (Å²) < 4.78 is 29.6. The zero-order valence-corrected chi connectivity index (χ0v) is 21.1. The van der Waals surface area contributed by atoms with Crippen LogP contribution in [0.25, 0.3) is 0 Å². The minimum atomic E-state index is -3.89. The lowest BCUT2D eigenvalue weighted by molar-refractivity contribution is -0.116. The number of sulfonamides is 1. The molecule has 0 saturated carbocycles. The molecule has 5 nitrogen and oxygen atoms in total. The summed E-state index contributed by atoms with van der Waals surface area (Å²) in [6.07, 6.45) is 0. The maximum Gasteiger partial charge on any atom is 0.243 e. The summed E-state index contributed by atoms with van der Waals surface area (Å²) in [7, 11) is -3.89. The van der Waals surface area contributed by atoms with Gasteiger partial charge in [-0.1, -0.05) is 62.2 Å². The van der Waals surface area contributed by atoms with Crippen molar-refractivity contribution < 1.29 is 13.2 Å². The van der Waals surface area contributed by atoms with Gasteiger partial charge in [0.05, 0.1) is 11.4 Å². The molecule has 31 heavy (non-hydrogen) atoms. The molecular formula is C23H22Br2N2O3S. The van der Waals surface area contributed by atoms with Crippen molar-refractivity contribution in [1.82, 2.24) is 4.31 Å². The van der Waals surface area contributed by atoms with Crippen LogP contribution in [-0.2, 0) is 21.4 Å². The molecule has 0 aliphatic heterocycles. The van der Waals surface area contributed by atoms with Crippen molar-refractivity contribution >= 4 is 53.5 Å². The molecule has 3 rings (SSSR count). The number of benzene rings is 3. The van der Waals surface area contributed by atoms with Gasteiger partial charge in [-0.25, -0.2) is 8.42 Å². The van der Waals surface area contributed by atoms with E-state index in [9.17, 15) is 13.2 Å². The summed E-state index contributed by atoms with van der Waals surface area (Å²) in [5.74, 6) is -0.398. The largest absolute Gasteiger partial charge is 0.324 e. The minimum Gasteiger partial charge on any atom is -0.324 e. The number of amides is 1. The smallest absolute Gasteiger partial charge is 0.243 e. The van der Waals surface area contributed by atoms with Gasteiger partial charge >= 0.3 is 0 Å². The van der Waals surface area contributed by atoms with Crippen LogP contribution in [0, 0.1) is 13.8 Å². The van der Waals surface area contributed by atoms with Gasteiger partial charge in [0.1, 0.15) is 0 Å². The van der Waals surface area contributed by atoms with Crippen molar-refractivity contribution in [2.45, 2.75) is 25.3 Å². The standard InChI is InChI=1S/C23H22Br2N2O3S/c1-16-12-20(25)13-17(2)23(16)26-22(28)15-27(14-18-6-4-3-5-7-18)31(29,30)21-10-8-19(24)9-11-21/h3-13H,14-15H2,1-2H3,(H,26,28). The number of anilines is 1. The second kappa shape index (κ2) is 10.1. The Kier molecular flexibility index (Phi) is 7.69. The highest BCUT2D eigenvalue weighted by molar-refractivity contribution is 9.10. The number of hydrogen-bond donors (Lipinski definition) is 1. The summed E-state index contributed by atoms with van der Waals surface area (Å²) in [4.78, 5) is 13.0. The average molecular weight is 566 g/mol. The first-order valence-electron chi connectivity index (χ1n) is 9.53. The molecule has 0 atom stereocenters. The number of carbonyl (C=O) groups excluding carboxylic acids is 1. The third-order valence-electron chi connectivity index (χ3n) is 4.74. The topological polar surface area (TPSA) is 66.5 Å². The Labute approximate surface area is 199 Å². The molecule has 0 heterocycles. The number of aryl methyl sites for hydroxylation is 2. The molecule has 0 radical (unpaired) electrons. The van der Waals surface area contributed by atoms with E-state index in [0.717, 1.165) is 25.6 Å². The summed E-state index contributed by atoms with van der Waals surface area (Å²) in [6, 6.07) is 19.4. The molecule has 3 aromatic carbocycles. The highest BCUT2D eigenvalue weighted by atomic mass is 79.9. The number of carbonyl (C=O) groups is 1. The predicted molar refractivity (Wildman–Crippen MR) is 130 cm³/mol. The highest BCUT2D eigenvalue weighted by Crippen LogP contribution is 2.26. The van der Waals surface area contributed by atoms with E-state index in [1.165, 1.54) is 16.4 Å². The van der Waals surface area contributed by atoms with E-state index in [1.807, 2.05) is 56.3 Å². The van der Waals surface area contributed by atoms with E-state index in [4.69, 9.17) is 0 Å². The monoisotopic (exact) mass is 564 g/mol. The van der Waals surface area contributed by atoms with Gasteiger partial charge in [0.25, 0.3) is 0 Å². The second-order valence-corrected chi connectivity index (χ2v) is 10.9. The van der Waals surface area contributed by atoms with E-state index >= 15 is 0 Å². The average Bonchev–Trinajstić information content (AvgIpc) is 2.71. The van der Waals surface area contributed by atoms with Gasteiger partial charge in [0.15, 0.2) is 0 Å². The second-order valence-electron chi connectivity index (χ2n) is 7.18. The van der Waals surface area contributed by atoms with Gasteiger partial charge in [-0.05, 0) is 66.9 Å². The number of hydrogen-bond acceptors (Lipinski definition) is 3. The predicted octanol–water partition coefficient (Wildman–Crippen LogP) is 5.66. The Balaban J connectivity index is 1.89. The first kappa shape index (κ1) is 23.7. The van der Waals surface area contributed by atoms with Crippen LogP contribution in [0.2, 0.25) is 0 Å². The number of nitrogens with one attached hydrogen (secondary N) is 1. The molecule has 0 bridgehead atoms. The van der Waals surface area contributed by atoms with Gasteiger partial charge in [0.2, 0.25) is 15.9 Å². The van der Waals surface area contributed by atoms with Crippen molar-refractivity contribution in [1.29, 1.82) is 0 Å². The van der Waals surface area contributed by atoms with Crippen molar-refractivity contribution in [2.75, 3.05) is 11.9 Å². The van der Waals surface area contributed by atoms with Crippen molar-refractivity contribution in [3.05, 3.63) is 92.4 Å². The zero-order chi connectivity index (χ0) is 22.6. The first-order chi connectivity index (χ1) is 14.7. The van der Waals surface area contributed by atoms with E-state index in [0.29, 0.717) is 5.69 Å². The van der Waals surface area contributed by atoms with Crippen LogP contribution in [0.1, 0.15) is 16.7 Å². The highest BCUT2D eigenvalue weighted by Gasteiger charge is 2.27. The summed E-state index contributed by atoms with van der Waals surface area (Å²) in [5.41, 5.74) is 3.28. The lowest BCUT2D eigenvalue weighted by atomic mass is 10.1. The fourth-order valence-electron chi connectivity index (χ4n) is 3.22. The number of rotatable bonds is 7. The third-order valence-corrected chi connectivity index (χ3v) is 7.53. The summed E-state index contributed by atoms with van der Waals surface area (Å²) in [5, 5.41) is 2.88. The number of nitrogens with zero attached hydrogens (tertiary/aromatic N) is 1. The first-order valence-corrected chi connectivity index (χ1v) is 12.6. The minimum absolute atomic E-state index is 0.0883. The Bertz CT molecular complexity index is 1160. The van der Waals surface area contributed by atoms with E-state index < -0.39 is 15.9 Å². The Morgan fingerprint density at radius 3 is 2.06 bits per heavy atom. The molecule has 0 fully saturated rings. The molecule has 8 heteroatoms. The molecular weight excluding hydrogens is 544 g/mol. The van der Waals surface area contributed by atoms with Gasteiger partial charge < -0.3 is 5.32 Å². The Morgan fingerprint density at radius 2 is 1.48 bits per heavy atom. The van der Waals surface area contributed by atoms with E-state index in [1.54, 1.807) is 12.1 Å². The zero-order valence-electron chi connectivity index (χ0n) is 17.1. The molecule has 0 saturated heterocycles. The van der Waals surface area contributed by atoms with Crippen LogP contribution in [0.5, 0.6) is 0 Å². The lowest BCUT2D eigenvalue weighted by Gasteiger charge is -2.22. The number of halogens is 2. The van der Waals surface area contributed by atoms with Gasteiger partial charge in [-0.2, -0.15) is 4.31 Å². The fraction of sp³-hybridized carbons (Fsp3) is 0.174. The quantitative estimate of drug-likeness (QED) is 0.402. The van der Waals surface area contributed by atoms with Gasteiger partial charge in [-0.15, -0.1) is 0 Å². The molecule has 1 amide bonds. The molecule has 162 valence electrons.